The first kappa shape index (κ1) is 9.20. The van der Waals surface area contributed by atoms with Crippen LogP contribution in [-0.4, -0.2) is 7.05 Å². The van der Waals surface area contributed by atoms with Crippen molar-refractivity contribution in [1.82, 2.24) is 5.32 Å². The first-order valence-corrected chi connectivity index (χ1v) is 4.08. The monoisotopic (exact) mass is 167 g/mol. The van der Waals surface area contributed by atoms with Gasteiger partial charge in [0, 0.05) is 11.6 Å². The van der Waals surface area contributed by atoms with Gasteiger partial charge in [-0.1, -0.05) is 17.7 Å². The molecule has 12 heavy (non-hydrogen) atoms. The van der Waals surface area contributed by atoms with Gasteiger partial charge < -0.3 is 5.32 Å². The number of rotatable bonds is 2. The van der Waals surface area contributed by atoms with E-state index in [4.69, 9.17) is 0 Å². The Kier molecular flexibility index (Phi) is 2.82. The summed E-state index contributed by atoms with van der Waals surface area (Å²) in [4.78, 5) is 0. The number of benzene rings is 1. The number of nitrogens with one attached hydrogen (secondary N) is 1. The Bertz CT molecular complexity index is 271. The SMILES string of the molecule is CN[C@H](C)c1cc(C)ccc1F. The van der Waals surface area contributed by atoms with Gasteiger partial charge in [-0.15, -0.1) is 0 Å². The fourth-order valence-corrected chi connectivity index (χ4v) is 1.15. The Hall–Kier alpha value is -0.890. The molecule has 0 saturated heterocycles. The van der Waals surface area contributed by atoms with Gasteiger partial charge in [0.25, 0.3) is 0 Å². The predicted molar refractivity (Wildman–Crippen MR) is 48.6 cm³/mol. The van der Waals surface area contributed by atoms with Crippen LogP contribution < -0.4 is 5.32 Å². The molecule has 1 rings (SSSR count). The third-order valence-corrected chi connectivity index (χ3v) is 2.05. The van der Waals surface area contributed by atoms with Gasteiger partial charge in [0.05, 0.1) is 0 Å². The summed E-state index contributed by atoms with van der Waals surface area (Å²) >= 11 is 0. The molecule has 0 aliphatic heterocycles. The Labute approximate surface area is 72.6 Å². The van der Waals surface area contributed by atoms with Crippen LogP contribution in [-0.2, 0) is 0 Å². The van der Waals surface area contributed by atoms with Crippen LogP contribution >= 0.6 is 0 Å². The van der Waals surface area contributed by atoms with Gasteiger partial charge in [-0.2, -0.15) is 0 Å². The zero-order chi connectivity index (χ0) is 9.14. The first-order valence-electron chi connectivity index (χ1n) is 4.08. The van der Waals surface area contributed by atoms with Gasteiger partial charge in [-0.25, -0.2) is 4.39 Å². The second-order valence-corrected chi connectivity index (χ2v) is 3.04. The van der Waals surface area contributed by atoms with Gasteiger partial charge in [0.2, 0.25) is 0 Å². The smallest absolute Gasteiger partial charge is 0.127 e. The number of aryl methyl sites for hydroxylation is 1. The third-order valence-electron chi connectivity index (χ3n) is 2.05. The molecular formula is C10H14FN. The van der Waals surface area contributed by atoms with Crippen molar-refractivity contribution >= 4 is 0 Å². The van der Waals surface area contributed by atoms with Crippen molar-refractivity contribution in [2.45, 2.75) is 19.9 Å². The van der Waals surface area contributed by atoms with E-state index in [1.165, 1.54) is 6.07 Å². The fraction of sp³-hybridized carbons (Fsp3) is 0.400. The van der Waals surface area contributed by atoms with Crippen molar-refractivity contribution < 1.29 is 4.39 Å². The van der Waals surface area contributed by atoms with Crippen LogP contribution in [0.5, 0.6) is 0 Å². The summed E-state index contributed by atoms with van der Waals surface area (Å²) in [6.45, 7) is 3.91. The standard InChI is InChI=1S/C10H14FN/c1-7-4-5-10(11)9(6-7)8(2)12-3/h4-6,8,12H,1-3H3/t8-/m1/s1. The third kappa shape index (κ3) is 1.83. The van der Waals surface area contributed by atoms with E-state index >= 15 is 0 Å². The van der Waals surface area contributed by atoms with E-state index in [0.717, 1.165) is 11.1 Å². The zero-order valence-electron chi connectivity index (χ0n) is 7.69. The predicted octanol–water partition coefficient (Wildman–Crippen LogP) is 2.41. The first-order chi connectivity index (χ1) is 5.65. The lowest BCUT2D eigenvalue weighted by Crippen LogP contribution is -2.13. The molecule has 0 radical (unpaired) electrons. The maximum Gasteiger partial charge on any atom is 0.127 e. The van der Waals surface area contributed by atoms with Crippen molar-refractivity contribution in [3.05, 3.63) is 35.1 Å². The number of hydrogen-bond acceptors (Lipinski definition) is 1. The normalized spacial score (nSPS) is 13.0. The highest BCUT2D eigenvalue weighted by atomic mass is 19.1. The average Bonchev–Trinajstić information content (AvgIpc) is 2.08. The molecular weight excluding hydrogens is 153 g/mol. The molecule has 1 aromatic rings. The van der Waals surface area contributed by atoms with E-state index in [2.05, 4.69) is 5.32 Å². The minimum Gasteiger partial charge on any atom is -0.313 e. The van der Waals surface area contributed by atoms with Crippen molar-refractivity contribution in [3.8, 4) is 0 Å². The molecule has 1 nitrogen and oxygen atoms in total. The van der Waals surface area contributed by atoms with E-state index in [9.17, 15) is 4.39 Å². The van der Waals surface area contributed by atoms with Crippen LogP contribution in [0.15, 0.2) is 18.2 Å². The molecule has 0 saturated carbocycles. The fourth-order valence-electron chi connectivity index (χ4n) is 1.15. The maximum absolute atomic E-state index is 13.2. The molecule has 0 heterocycles. The van der Waals surface area contributed by atoms with Crippen molar-refractivity contribution in [2.24, 2.45) is 0 Å². The Morgan fingerprint density at radius 3 is 2.67 bits per heavy atom. The van der Waals surface area contributed by atoms with Gasteiger partial charge in [-0.3, -0.25) is 0 Å². The number of halogens is 1. The van der Waals surface area contributed by atoms with Crippen LogP contribution in [0.2, 0.25) is 0 Å². The Balaban J connectivity index is 3.04. The van der Waals surface area contributed by atoms with Gasteiger partial charge in [-0.05, 0) is 27.0 Å². The van der Waals surface area contributed by atoms with Crippen LogP contribution in [0.25, 0.3) is 0 Å². The minimum atomic E-state index is -0.137. The summed E-state index contributed by atoms with van der Waals surface area (Å²) < 4.78 is 13.2. The molecule has 1 aromatic carbocycles. The summed E-state index contributed by atoms with van der Waals surface area (Å²) in [5, 5.41) is 3.01. The second-order valence-electron chi connectivity index (χ2n) is 3.04. The van der Waals surface area contributed by atoms with Gasteiger partial charge in [0.15, 0.2) is 0 Å². The molecule has 0 aromatic heterocycles. The van der Waals surface area contributed by atoms with Gasteiger partial charge in [0.1, 0.15) is 5.82 Å². The summed E-state index contributed by atoms with van der Waals surface area (Å²) in [5.41, 5.74) is 1.83. The molecule has 0 amide bonds. The largest absolute Gasteiger partial charge is 0.313 e. The second kappa shape index (κ2) is 3.68. The van der Waals surface area contributed by atoms with E-state index in [1.54, 1.807) is 6.07 Å². The molecule has 0 unspecified atom stereocenters. The molecule has 0 bridgehead atoms. The van der Waals surface area contributed by atoms with Crippen LogP contribution in [0.3, 0.4) is 0 Å². The zero-order valence-corrected chi connectivity index (χ0v) is 7.69. The molecule has 66 valence electrons. The lowest BCUT2D eigenvalue weighted by atomic mass is 10.1. The highest BCUT2D eigenvalue weighted by molar-refractivity contribution is 5.26. The minimum absolute atomic E-state index is 0.0740. The molecule has 0 aliphatic carbocycles. The Morgan fingerprint density at radius 2 is 2.08 bits per heavy atom. The van der Waals surface area contributed by atoms with Crippen molar-refractivity contribution in [1.29, 1.82) is 0 Å². The van der Waals surface area contributed by atoms with E-state index < -0.39 is 0 Å². The van der Waals surface area contributed by atoms with Crippen LogP contribution in [0, 0.1) is 12.7 Å². The quantitative estimate of drug-likeness (QED) is 0.713. The lowest BCUT2D eigenvalue weighted by molar-refractivity contribution is 0.561. The highest BCUT2D eigenvalue weighted by Crippen LogP contribution is 2.17. The lowest BCUT2D eigenvalue weighted by Gasteiger charge is -2.11. The molecule has 0 fully saturated rings. The highest BCUT2D eigenvalue weighted by Gasteiger charge is 2.07. The summed E-state index contributed by atoms with van der Waals surface area (Å²) in [5.74, 6) is -0.137. The van der Waals surface area contributed by atoms with Crippen molar-refractivity contribution in [3.63, 3.8) is 0 Å². The molecule has 0 spiro atoms. The van der Waals surface area contributed by atoms with Crippen LogP contribution in [0.1, 0.15) is 24.1 Å². The number of hydrogen-bond donors (Lipinski definition) is 1. The molecule has 1 N–H and O–H groups in total. The molecule has 0 aliphatic rings. The van der Waals surface area contributed by atoms with Gasteiger partial charge >= 0.3 is 0 Å². The van der Waals surface area contributed by atoms with Crippen LogP contribution in [0.4, 0.5) is 4.39 Å². The summed E-state index contributed by atoms with van der Waals surface area (Å²) in [7, 11) is 1.83. The molecule has 2 heteroatoms. The van der Waals surface area contributed by atoms with E-state index in [1.807, 2.05) is 27.0 Å². The van der Waals surface area contributed by atoms with Crippen molar-refractivity contribution in [2.75, 3.05) is 7.05 Å². The van der Waals surface area contributed by atoms with E-state index in [-0.39, 0.29) is 11.9 Å². The topological polar surface area (TPSA) is 12.0 Å². The summed E-state index contributed by atoms with van der Waals surface area (Å²) in [6, 6.07) is 5.24. The maximum atomic E-state index is 13.2. The Morgan fingerprint density at radius 1 is 1.42 bits per heavy atom. The summed E-state index contributed by atoms with van der Waals surface area (Å²) in [6.07, 6.45) is 0. The van der Waals surface area contributed by atoms with E-state index in [0.29, 0.717) is 0 Å². The molecule has 1 atom stereocenters. The average molecular weight is 167 g/mol.